The first-order chi connectivity index (χ1) is 14.8. The van der Waals surface area contributed by atoms with E-state index in [1.807, 2.05) is 24.5 Å². The highest BCUT2D eigenvalue weighted by atomic mass is 35.5. The quantitative estimate of drug-likeness (QED) is 0.480. The molecule has 0 spiro atoms. The first-order valence-electron chi connectivity index (χ1n) is 10.4. The third kappa shape index (κ3) is 3.04. The predicted molar refractivity (Wildman–Crippen MR) is 118 cm³/mol. The van der Waals surface area contributed by atoms with Gasteiger partial charge in [0, 0.05) is 41.2 Å². The highest BCUT2D eigenvalue weighted by Crippen LogP contribution is 2.43. The largest absolute Gasteiger partial charge is 0.306 e. The molecule has 1 fully saturated rings. The standard InChI is InChI=1S/C22H21ClN6S/c23-16-5-6-18-15(9-16)10-25-12-20-26-27-22(29(18)20)14-3-1-13(2-4-14)21-17-7-8-24-11-19(17)30-28-21/h5-9,11,13-14,25H,1-4,10,12H2/t13-,14-. The van der Waals surface area contributed by atoms with Gasteiger partial charge in [-0.1, -0.05) is 11.6 Å². The fourth-order valence-corrected chi connectivity index (χ4v) is 5.94. The molecule has 3 aromatic heterocycles. The average molecular weight is 437 g/mol. The van der Waals surface area contributed by atoms with Crippen LogP contribution in [0.1, 0.15) is 60.4 Å². The Bertz CT molecular complexity index is 1220. The number of aromatic nitrogens is 5. The molecule has 152 valence electrons. The second-order valence-corrected chi connectivity index (χ2v) is 9.42. The third-order valence-electron chi connectivity index (χ3n) is 6.42. The summed E-state index contributed by atoms with van der Waals surface area (Å²) >= 11 is 7.81. The molecule has 0 bridgehead atoms. The van der Waals surface area contributed by atoms with Crippen LogP contribution in [0.3, 0.4) is 0 Å². The molecule has 1 N–H and O–H groups in total. The molecular weight excluding hydrogens is 416 g/mol. The first kappa shape index (κ1) is 18.4. The second kappa shape index (κ2) is 7.41. The van der Waals surface area contributed by atoms with Gasteiger partial charge in [-0.15, -0.1) is 10.2 Å². The molecule has 8 heteroatoms. The Morgan fingerprint density at radius 3 is 2.80 bits per heavy atom. The number of pyridine rings is 1. The van der Waals surface area contributed by atoms with E-state index in [1.165, 1.54) is 21.3 Å². The minimum absolute atomic E-state index is 0.413. The lowest BCUT2D eigenvalue weighted by molar-refractivity contribution is 0.380. The van der Waals surface area contributed by atoms with Crippen LogP contribution in [0, 0.1) is 0 Å². The van der Waals surface area contributed by atoms with Gasteiger partial charge in [0.05, 0.1) is 22.6 Å². The topological polar surface area (TPSA) is 68.5 Å². The summed E-state index contributed by atoms with van der Waals surface area (Å²) in [6, 6.07) is 8.20. The van der Waals surface area contributed by atoms with Gasteiger partial charge in [0.1, 0.15) is 5.82 Å². The van der Waals surface area contributed by atoms with Crippen LogP contribution < -0.4 is 5.32 Å². The van der Waals surface area contributed by atoms with Crippen molar-refractivity contribution >= 4 is 33.2 Å². The zero-order valence-electron chi connectivity index (χ0n) is 16.4. The zero-order chi connectivity index (χ0) is 20.1. The molecule has 0 radical (unpaired) electrons. The Balaban J connectivity index is 1.29. The van der Waals surface area contributed by atoms with Crippen LogP contribution >= 0.6 is 23.1 Å². The number of halogens is 1. The molecule has 1 aromatic carbocycles. The minimum atomic E-state index is 0.413. The number of nitrogens with zero attached hydrogens (tertiary/aromatic N) is 5. The smallest absolute Gasteiger partial charge is 0.151 e. The van der Waals surface area contributed by atoms with E-state index in [4.69, 9.17) is 16.0 Å². The van der Waals surface area contributed by atoms with Crippen LogP contribution in [0.25, 0.3) is 15.8 Å². The molecule has 4 aromatic rings. The Morgan fingerprint density at radius 1 is 1.03 bits per heavy atom. The van der Waals surface area contributed by atoms with Crippen molar-refractivity contribution in [3.05, 3.63) is 64.6 Å². The highest BCUT2D eigenvalue weighted by molar-refractivity contribution is 7.13. The van der Waals surface area contributed by atoms with Crippen molar-refractivity contribution in [3.8, 4) is 5.69 Å². The van der Waals surface area contributed by atoms with E-state index in [9.17, 15) is 0 Å². The van der Waals surface area contributed by atoms with Crippen LogP contribution in [0.2, 0.25) is 5.02 Å². The number of hydrogen-bond donors (Lipinski definition) is 1. The molecule has 1 aliphatic heterocycles. The van der Waals surface area contributed by atoms with E-state index < -0.39 is 0 Å². The Labute approximate surface area is 183 Å². The summed E-state index contributed by atoms with van der Waals surface area (Å²) in [6.45, 7) is 1.50. The van der Waals surface area contributed by atoms with Gasteiger partial charge in [-0.25, -0.2) is 0 Å². The molecule has 0 saturated heterocycles. The Kier molecular flexibility index (Phi) is 4.55. The minimum Gasteiger partial charge on any atom is -0.306 e. The van der Waals surface area contributed by atoms with Crippen LogP contribution in [-0.4, -0.2) is 24.1 Å². The van der Waals surface area contributed by atoms with E-state index in [1.54, 1.807) is 11.5 Å². The van der Waals surface area contributed by atoms with Crippen molar-refractivity contribution in [1.82, 2.24) is 29.4 Å². The first-order valence-corrected chi connectivity index (χ1v) is 11.6. The van der Waals surface area contributed by atoms with Gasteiger partial charge in [0.25, 0.3) is 0 Å². The SMILES string of the molecule is Clc1ccc2c(c1)CNCc1nnc([C@H]3CC[C@H](c4nsc5cnccc54)CC3)n1-2. The van der Waals surface area contributed by atoms with Gasteiger partial charge >= 0.3 is 0 Å². The van der Waals surface area contributed by atoms with E-state index in [-0.39, 0.29) is 0 Å². The van der Waals surface area contributed by atoms with Crippen molar-refractivity contribution in [1.29, 1.82) is 0 Å². The van der Waals surface area contributed by atoms with Crippen LogP contribution in [0.4, 0.5) is 0 Å². The monoisotopic (exact) mass is 436 g/mol. The summed E-state index contributed by atoms with van der Waals surface area (Å²) in [6.07, 6.45) is 8.24. The van der Waals surface area contributed by atoms with Crippen molar-refractivity contribution in [2.24, 2.45) is 0 Å². The number of hydrogen-bond acceptors (Lipinski definition) is 6. The molecule has 1 saturated carbocycles. The summed E-state index contributed by atoms with van der Waals surface area (Å²) in [5, 5.41) is 14.6. The lowest BCUT2D eigenvalue weighted by atomic mass is 9.79. The van der Waals surface area contributed by atoms with Gasteiger partial charge in [-0.2, -0.15) is 4.37 Å². The lowest BCUT2D eigenvalue weighted by Crippen LogP contribution is -2.17. The molecule has 0 unspecified atom stereocenters. The zero-order valence-corrected chi connectivity index (χ0v) is 18.0. The maximum atomic E-state index is 6.25. The lowest BCUT2D eigenvalue weighted by Gasteiger charge is -2.27. The highest BCUT2D eigenvalue weighted by Gasteiger charge is 2.31. The van der Waals surface area contributed by atoms with Crippen LogP contribution in [0.15, 0.2) is 36.7 Å². The van der Waals surface area contributed by atoms with Crippen LogP contribution in [0.5, 0.6) is 0 Å². The Morgan fingerprint density at radius 2 is 1.90 bits per heavy atom. The van der Waals surface area contributed by atoms with E-state index in [2.05, 4.69) is 37.2 Å². The van der Waals surface area contributed by atoms with Gasteiger partial charge in [-0.05, 0) is 67.0 Å². The third-order valence-corrected chi connectivity index (χ3v) is 7.46. The summed E-state index contributed by atoms with van der Waals surface area (Å²) in [5.74, 6) is 2.99. The van der Waals surface area contributed by atoms with Crippen molar-refractivity contribution < 1.29 is 0 Å². The van der Waals surface area contributed by atoms with Gasteiger partial charge in [0.15, 0.2) is 5.82 Å². The number of nitrogens with one attached hydrogen (secondary N) is 1. The molecule has 1 aliphatic carbocycles. The molecule has 2 aliphatic rings. The molecule has 0 amide bonds. The molecule has 30 heavy (non-hydrogen) atoms. The van der Waals surface area contributed by atoms with Gasteiger partial charge in [0.2, 0.25) is 0 Å². The van der Waals surface area contributed by atoms with Gasteiger partial charge in [-0.3, -0.25) is 9.55 Å². The van der Waals surface area contributed by atoms with E-state index in [0.717, 1.165) is 54.6 Å². The second-order valence-electron chi connectivity index (χ2n) is 8.17. The molecule has 0 atom stereocenters. The maximum Gasteiger partial charge on any atom is 0.151 e. The molecule has 6 rings (SSSR count). The van der Waals surface area contributed by atoms with Crippen molar-refractivity contribution in [2.45, 2.75) is 50.6 Å². The fourth-order valence-electron chi connectivity index (χ4n) is 4.93. The van der Waals surface area contributed by atoms with E-state index >= 15 is 0 Å². The average Bonchev–Trinajstić information content (AvgIpc) is 3.34. The summed E-state index contributed by atoms with van der Waals surface area (Å²) in [5.41, 5.74) is 3.60. The number of benzene rings is 1. The molecule has 6 nitrogen and oxygen atoms in total. The summed E-state index contributed by atoms with van der Waals surface area (Å²) in [7, 11) is 0. The Hall–Kier alpha value is -2.35. The summed E-state index contributed by atoms with van der Waals surface area (Å²) < 4.78 is 8.22. The fraction of sp³-hybridized carbons (Fsp3) is 0.364. The van der Waals surface area contributed by atoms with Crippen molar-refractivity contribution in [2.75, 3.05) is 0 Å². The number of fused-ring (bicyclic) bond motifs is 4. The molecule has 4 heterocycles. The molecular formula is C22H21ClN6S. The maximum absolute atomic E-state index is 6.25. The predicted octanol–water partition coefficient (Wildman–Crippen LogP) is 4.97. The number of rotatable bonds is 2. The van der Waals surface area contributed by atoms with E-state index in [0.29, 0.717) is 18.4 Å². The van der Waals surface area contributed by atoms with Crippen LogP contribution in [-0.2, 0) is 13.1 Å². The van der Waals surface area contributed by atoms with Gasteiger partial charge < -0.3 is 5.32 Å². The normalized spacial score (nSPS) is 21.2. The van der Waals surface area contributed by atoms with Crippen molar-refractivity contribution in [3.63, 3.8) is 0 Å². The summed E-state index contributed by atoms with van der Waals surface area (Å²) in [4.78, 5) is 4.23.